The van der Waals surface area contributed by atoms with E-state index in [0.717, 1.165) is 10.8 Å². The van der Waals surface area contributed by atoms with E-state index in [2.05, 4.69) is 4.98 Å². The predicted octanol–water partition coefficient (Wildman–Crippen LogP) is 2.97. The molecule has 0 unspecified atom stereocenters. The Morgan fingerprint density at radius 1 is 1.47 bits per heavy atom. The van der Waals surface area contributed by atoms with Crippen molar-refractivity contribution in [2.24, 2.45) is 0 Å². The van der Waals surface area contributed by atoms with Crippen LogP contribution in [0.3, 0.4) is 0 Å². The van der Waals surface area contributed by atoms with Gasteiger partial charge in [0.2, 0.25) is 0 Å². The smallest absolute Gasteiger partial charge is 0.169 e. The van der Waals surface area contributed by atoms with Gasteiger partial charge in [0.25, 0.3) is 0 Å². The molecule has 2 rings (SSSR count). The summed E-state index contributed by atoms with van der Waals surface area (Å²) in [5, 5.41) is 2.72. The van der Waals surface area contributed by atoms with Gasteiger partial charge in [-0.2, -0.15) is 0 Å². The molecule has 17 heavy (non-hydrogen) atoms. The highest BCUT2D eigenvalue weighted by molar-refractivity contribution is 7.09. The van der Waals surface area contributed by atoms with Crippen molar-refractivity contribution >= 4 is 17.1 Å². The Bertz CT molecular complexity index is 494. The molecule has 0 fully saturated rings. The second kappa shape index (κ2) is 5.59. The lowest BCUT2D eigenvalue weighted by atomic mass is 10.1. The molecule has 0 saturated heterocycles. The van der Waals surface area contributed by atoms with Crippen LogP contribution in [0.5, 0.6) is 5.75 Å². The molecule has 3 nitrogen and oxygen atoms in total. The van der Waals surface area contributed by atoms with Gasteiger partial charge in [0, 0.05) is 17.1 Å². The van der Waals surface area contributed by atoms with Crippen molar-refractivity contribution in [3.05, 3.63) is 46.4 Å². The van der Waals surface area contributed by atoms with Crippen molar-refractivity contribution in [2.45, 2.75) is 13.3 Å². The SMILES string of the molecule is CCOc1cccc(C(=O)Cc2nccs2)c1. The summed E-state index contributed by atoms with van der Waals surface area (Å²) in [6, 6.07) is 7.27. The molecule has 1 aromatic heterocycles. The summed E-state index contributed by atoms with van der Waals surface area (Å²) >= 11 is 1.50. The van der Waals surface area contributed by atoms with Crippen LogP contribution in [-0.4, -0.2) is 17.4 Å². The molecule has 88 valence electrons. The minimum Gasteiger partial charge on any atom is -0.494 e. The topological polar surface area (TPSA) is 39.2 Å². The summed E-state index contributed by atoms with van der Waals surface area (Å²) in [5.74, 6) is 0.805. The number of ketones is 1. The molecule has 2 aromatic rings. The quantitative estimate of drug-likeness (QED) is 0.762. The summed E-state index contributed by atoms with van der Waals surface area (Å²) in [6.07, 6.45) is 2.07. The molecule has 0 aliphatic heterocycles. The monoisotopic (exact) mass is 247 g/mol. The van der Waals surface area contributed by atoms with E-state index in [0.29, 0.717) is 18.6 Å². The average Bonchev–Trinajstić information content (AvgIpc) is 2.83. The van der Waals surface area contributed by atoms with E-state index in [1.165, 1.54) is 11.3 Å². The Hall–Kier alpha value is -1.68. The lowest BCUT2D eigenvalue weighted by Crippen LogP contribution is -2.03. The van der Waals surface area contributed by atoms with Crippen LogP contribution in [0, 0.1) is 0 Å². The molecule has 0 radical (unpaired) electrons. The van der Waals surface area contributed by atoms with Crippen molar-refractivity contribution in [2.75, 3.05) is 6.61 Å². The van der Waals surface area contributed by atoms with Gasteiger partial charge >= 0.3 is 0 Å². The summed E-state index contributed by atoms with van der Waals surface area (Å²) in [5.41, 5.74) is 0.672. The van der Waals surface area contributed by atoms with Gasteiger partial charge in [-0.25, -0.2) is 4.98 Å². The van der Waals surface area contributed by atoms with Crippen molar-refractivity contribution in [1.29, 1.82) is 0 Å². The van der Waals surface area contributed by atoms with Gasteiger partial charge in [-0.1, -0.05) is 12.1 Å². The molecule has 4 heteroatoms. The van der Waals surface area contributed by atoms with Crippen LogP contribution < -0.4 is 4.74 Å². The molecule has 0 amide bonds. The van der Waals surface area contributed by atoms with Crippen molar-refractivity contribution in [3.8, 4) is 5.75 Å². The average molecular weight is 247 g/mol. The second-order valence-electron chi connectivity index (χ2n) is 3.49. The van der Waals surface area contributed by atoms with E-state index in [9.17, 15) is 4.79 Å². The van der Waals surface area contributed by atoms with Crippen LogP contribution in [0.2, 0.25) is 0 Å². The number of carbonyl (C=O) groups is 1. The van der Waals surface area contributed by atoms with Crippen LogP contribution in [0.25, 0.3) is 0 Å². The first-order valence-electron chi connectivity index (χ1n) is 5.44. The molecule has 0 saturated carbocycles. The van der Waals surface area contributed by atoms with Crippen LogP contribution in [0.4, 0.5) is 0 Å². The summed E-state index contributed by atoms with van der Waals surface area (Å²) < 4.78 is 5.37. The molecule has 0 spiro atoms. The molecule has 0 atom stereocenters. The van der Waals surface area contributed by atoms with Gasteiger partial charge in [0.15, 0.2) is 5.78 Å². The first kappa shape index (κ1) is 11.8. The maximum atomic E-state index is 12.0. The Morgan fingerprint density at radius 2 is 2.35 bits per heavy atom. The first-order valence-corrected chi connectivity index (χ1v) is 6.32. The zero-order valence-electron chi connectivity index (χ0n) is 9.55. The van der Waals surface area contributed by atoms with Gasteiger partial charge in [-0.3, -0.25) is 4.79 Å². The Kier molecular flexibility index (Phi) is 3.88. The van der Waals surface area contributed by atoms with E-state index in [4.69, 9.17) is 4.74 Å². The lowest BCUT2D eigenvalue weighted by molar-refractivity contribution is 0.0992. The molecule has 0 N–H and O–H groups in total. The standard InChI is InChI=1S/C13H13NO2S/c1-2-16-11-5-3-4-10(8-11)12(15)9-13-14-6-7-17-13/h3-8H,2,9H2,1H3. The normalized spacial score (nSPS) is 10.2. The molecule has 0 aliphatic carbocycles. The number of ether oxygens (including phenoxy) is 1. The third-order valence-electron chi connectivity index (χ3n) is 2.26. The number of nitrogens with zero attached hydrogens (tertiary/aromatic N) is 1. The van der Waals surface area contributed by atoms with Crippen LogP contribution in [0.15, 0.2) is 35.8 Å². The number of hydrogen-bond donors (Lipinski definition) is 0. The lowest BCUT2D eigenvalue weighted by Gasteiger charge is -2.04. The van der Waals surface area contributed by atoms with Crippen molar-refractivity contribution in [1.82, 2.24) is 4.98 Å². The van der Waals surface area contributed by atoms with Gasteiger partial charge in [0.05, 0.1) is 13.0 Å². The second-order valence-corrected chi connectivity index (χ2v) is 4.47. The van der Waals surface area contributed by atoms with Crippen LogP contribution in [0.1, 0.15) is 22.3 Å². The van der Waals surface area contributed by atoms with Gasteiger partial charge in [-0.15, -0.1) is 11.3 Å². The van der Waals surface area contributed by atoms with E-state index in [1.807, 2.05) is 24.4 Å². The zero-order valence-corrected chi connectivity index (χ0v) is 10.4. The molecular formula is C13H13NO2S. The van der Waals surface area contributed by atoms with E-state index in [1.54, 1.807) is 18.3 Å². The minimum absolute atomic E-state index is 0.0708. The minimum atomic E-state index is 0.0708. The Labute approximate surface area is 104 Å². The first-order chi connectivity index (χ1) is 8.29. The van der Waals surface area contributed by atoms with E-state index >= 15 is 0 Å². The summed E-state index contributed by atoms with van der Waals surface area (Å²) in [6.45, 7) is 2.52. The number of hydrogen-bond acceptors (Lipinski definition) is 4. The number of thiazole rings is 1. The summed E-state index contributed by atoms with van der Waals surface area (Å²) in [4.78, 5) is 16.1. The Balaban J connectivity index is 2.11. The fourth-order valence-electron chi connectivity index (χ4n) is 1.51. The highest BCUT2D eigenvalue weighted by Gasteiger charge is 2.09. The fourth-order valence-corrected chi connectivity index (χ4v) is 2.12. The number of rotatable bonds is 5. The molecule has 1 aromatic carbocycles. The predicted molar refractivity (Wildman–Crippen MR) is 67.8 cm³/mol. The largest absolute Gasteiger partial charge is 0.494 e. The van der Waals surface area contributed by atoms with E-state index < -0.39 is 0 Å². The van der Waals surface area contributed by atoms with Crippen LogP contribution >= 0.6 is 11.3 Å². The molecular weight excluding hydrogens is 234 g/mol. The summed E-state index contributed by atoms with van der Waals surface area (Å²) in [7, 11) is 0. The fraction of sp³-hybridized carbons (Fsp3) is 0.231. The Morgan fingerprint density at radius 3 is 3.06 bits per heavy atom. The molecule has 0 aliphatic rings. The maximum Gasteiger partial charge on any atom is 0.169 e. The third-order valence-corrected chi connectivity index (χ3v) is 3.04. The number of aromatic nitrogens is 1. The van der Waals surface area contributed by atoms with Gasteiger partial charge in [-0.05, 0) is 19.1 Å². The van der Waals surface area contributed by atoms with Gasteiger partial charge < -0.3 is 4.74 Å². The highest BCUT2D eigenvalue weighted by Crippen LogP contribution is 2.16. The van der Waals surface area contributed by atoms with Crippen molar-refractivity contribution < 1.29 is 9.53 Å². The van der Waals surface area contributed by atoms with Crippen molar-refractivity contribution in [3.63, 3.8) is 0 Å². The number of Topliss-reactive ketones (excluding diaryl/α,β-unsaturated/α-hetero) is 1. The van der Waals surface area contributed by atoms with Crippen LogP contribution in [-0.2, 0) is 6.42 Å². The maximum absolute atomic E-state index is 12.0. The van der Waals surface area contributed by atoms with Gasteiger partial charge in [0.1, 0.15) is 10.8 Å². The zero-order chi connectivity index (χ0) is 12.1. The highest BCUT2D eigenvalue weighted by atomic mass is 32.1. The number of carbonyl (C=O) groups excluding carboxylic acids is 1. The molecule has 0 bridgehead atoms. The van der Waals surface area contributed by atoms with E-state index in [-0.39, 0.29) is 5.78 Å². The molecule has 1 heterocycles. The third kappa shape index (κ3) is 3.14. The number of benzene rings is 1.